The van der Waals surface area contributed by atoms with Gasteiger partial charge in [0.05, 0.1) is 27.0 Å². The van der Waals surface area contributed by atoms with Crippen LogP contribution in [-0.4, -0.2) is 16.9 Å². The second kappa shape index (κ2) is 8.52. The zero-order chi connectivity index (χ0) is 19.4. The van der Waals surface area contributed by atoms with Crippen LogP contribution in [0, 0.1) is 0 Å². The minimum Gasteiger partial charge on any atom is -0.456 e. The maximum Gasteiger partial charge on any atom is 0.340 e. The molecular formula is C19H14Cl2N2O3S. The zero-order valence-electron chi connectivity index (χ0n) is 14.2. The van der Waals surface area contributed by atoms with Crippen molar-refractivity contribution in [2.45, 2.75) is 13.5 Å². The predicted molar refractivity (Wildman–Crippen MR) is 107 cm³/mol. The van der Waals surface area contributed by atoms with E-state index in [1.807, 2.05) is 30.3 Å². The third-order valence-electron chi connectivity index (χ3n) is 3.58. The molecule has 0 atom stereocenters. The van der Waals surface area contributed by atoms with Gasteiger partial charge in [0.1, 0.15) is 6.61 Å². The van der Waals surface area contributed by atoms with Gasteiger partial charge in [0.2, 0.25) is 5.91 Å². The molecule has 2 aromatic carbocycles. The van der Waals surface area contributed by atoms with Gasteiger partial charge in [-0.1, -0.05) is 47.5 Å². The van der Waals surface area contributed by atoms with Crippen molar-refractivity contribution in [1.82, 2.24) is 4.98 Å². The van der Waals surface area contributed by atoms with Crippen molar-refractivity contribution in [2.24, 2.45) is 0 Å². The Morgan fingerprint density at radius 3 is 2.56 bits per heavy atom. The number of aromatic nitrogens is 1. The Labute approximate surface area is 170 Å². The molecule has 5 nitrogen and oxygen atoms in total. The van der Waals surface area contributed by atoms with Gasteiger partial charge in [-0.15, -0.1) is 11.3 Å². The summed E-state index contributed by atoms with van der Waals surface area (Å²) in [6, 6.07) is 14.0. The maximum atomic E-state index is 12.2. The van der Waals surface area contributed by atoms with E-state index in [0.717, 1.165) is 0 Å². The molecule has 8 heteroatoms. The van der Waals surface area contributed by atoms with Crippen molar-refractivity contribution < 1.29 is 14.3 Å². The van der Waals surface area contributed by atoms with Crippen LogP contribution in [-0.2, 0) is 16.1 Å². The third kappa shape index (κ3) is 4.47. The molecule has 0 aliphatic heterocycles. The number of carbonyl (C=O) groups excluding carboxylic acids is 2. The summed E-state index contributed by atoms with van der Waals surface area (Å²) in [5.74, 6) is -0.756. The lowest BCUT2D eigenvalue weighted by Crippen LogP contribution is -2.22. The van der Waals surface area contributed by atoms with Crippen LogP contribution in [0.3, 0.4) is 0 Å². The molecule has 0 bridgehead atoms. The fourth-order valence-electron chi connectivity index (χ4n) is 2.35. The lowest BCUT2D eigenvalue weighted by atomic mass is 10.2. The molecule has 3 rings (SSSR count). The second-order valence-corrected chi connectivity index (χ2v) is 7.11. The molecule has 0 aliphatic rings. The van der Waals surface area contributed by atoms with Crippen molar-refractivity contribution in [3.63, 3.8) is 0 Å². The number of hydrogen-bond donors (Lipinski definition) is 0. The van der Waals surface area contributed by atoms with Gasteiger partial charge in [-0.25, -0.2) is 9.78 Å². The topological polar surface area (TPSA) is 59.5 Å². The highest BCUT2D eigenvalue weighted by Gasteiger charge is 2.19. The SMILES string of the molecule is CC(=O)N(c1ccccc1)c1nc(COC(=O)c2cccc(Cl)c2Cl)cs1. The Morgan fingerprint density at radius 2 is 1.85 bits per heavy atom. The molecule has 138 valence electrons. The van der Waals surface area contributed by atoms with Gasteiger partial charge in [-0.05, 0) is 24.3 Å². The molecule has 1 heterocycles. The van der Waals surface area contributed by atoms with Gasteiger partial charge in [0, 0.05) is 12.3 Å². The van der Waals surface area contributed by atoms with Gasteiger partial charge in [-0.2, -0.15) is 0 Å². The molecule has 27 heavy (non-hydrogen) atoms. The van der Waals surface area contributed by atoms with Crippen LogP contribution in [0.15, 0.2) is 53.9 Å². The molecule has 1 aromatic heterocycles. The molecule has 0 aliphatic carbocycles. The van der Waals surface area contributed by atoms with Crippen LogP contribution >= 0.6 is 34.5 Å². The van der Waals surface area contributed by atoms with E-state index in [9.17, 15) is 9.59 Å². The number of anilines is 2. The van der Waals surface area contributed by atoms with Crippen molar-refractivity contribution in [3.8, 4) is 0 Å². The first-order valence-electron chi connectivity index (χ1n) is 7.88. The quantitative estimate of drug-likeness (QED) is 0.511. The number of benzene rings is 2. The van der Waals surface area contributed by atoms with Crippen molar-refractivity contribution in [3.05, 3.63) is 75.2 Å². The first-order chi connectivity index (χ1) is 13.0. The fourth-order valence-corrected chi connectivity index (χ4v) is 3.60. The first kappa shape index (κ1) is 19.4. The normalized spacial score (nSPS) is 10.5. The summed E-state index contributed by atoms with van der Waals surface area (Å²) in [5, 5.41) is 2.67. The number of carbonyl (C=O) groups is 2. The minimum atomic E-state index is -0.594. The van der Waals surface area contributed by atoms with Crippen molar-refractivity contribution >= 4 is 57.2 Å². The van der Waals surface area contributed by atoms with Crippen LogP contribution in [0.4, 0.5) is 10.8 Å². The van der Waals surface area contributed by atoms with E-state index >= 15 is 0 Å². The summed E-state index contributed by atoms with van der Waals surface area (Å²) in [6.45, 7) is 1.42. The summed E-state index contributed by atoms with van der Waals surface area (Å²) in [5.41, 5.74) is 1.44. The Morgan fingerprint density at radius 1 is 1.11 bits per heavy atom. The molecule has 0 spiro atoms. The summed E-state index contributed by atoms with van der Waals surface area (Å²) in [7, 11) is 0. The van der Waals surface area contributed by atoms with Crippen LogP contribution < -0.4 is 4.90 Å². The molecule has 0 saturated carbocycles. The predicted octanol–water partition coefficient (Wildman–Crippen LogP) is 5.49. The van der Waals surface area contributed by atoms with Gasteiger partial charge in [-0.3, -0.25) is 9.69 Å². The largest absolute Gasteiger partial charge is 0.456 e. The molecule has 0 unspecified atom stereocenters. The number of para-hydroxylation sites is 1. The smallest absolute Gasteiger partial charge is 0.340 e. The Bertz CT molecular complexity index is 976. The number of esters is 1. The maximum absolute atomic E-state index is 12.2. The van der Waals surface area contributed by atoms with Gasteiger partial charge >= 0.3 is 5.97 Å². The number of nitrogens with zero attached hydrogens (tertiary/aromatic N) is 2. The van der Waals surface area contributed by atoms with Crippen LogP contribution in [0.25, 0.3) is 0 Å². The highest BCUT2D eigenvalue weighted by atomic mass is 35.5. The van der Waals surface area contributed by atoms with Crippen LogP contribution in [0.2, 0.25) is 10.0 Å². The fraction of sp³-hybridized carbons (Fsp3) is 0.105. The molecular weight excluding hydrogens is 407 g/mol. The number of rotatable bonds is 5. The lowest BCUT2D eigenvalue weighted by Gasteiger charge is -2.17. The molecule has 1 amide bonds. The van der Waals surface area contributed by atoms with E-state index in [-0.39, 0.29) is 28.1 Å². The van der Waals surface area contributed by atoms with Gasteiger partial charge in [0.15, 0.2) is 5.13 Å². The van der Waals surface area contributed by atoms with E-state index in [1.54, 1.807) is 17.5 Å². The molecule has 0 radical (unpaired) electrons. The molecule has 0 saturated heterocycles. The highest BCUT2D eigenvalue weighted by Crippen LogP contribution is 2.29. The molecule has 0 N–H and O–H groups in total. The Hall–Kier alpha value is -2.41. The van der Waals surface area contributed by atoms with E-state index in [2.05, 4.69) is 4.98 Å². The number of ether oxygens (including phenoxy) is 1. The number of halogens is 2. The summed E-state index contributed by atoms with van der Waals surface area (Å²) in [6.07, 6.45) is 0. The van der Waals surface area contributed by atoms with E-state index < -0.39 is 5.97 Å². The minimum absolute atomic E-state index is 0.0429. The summed E-state index contributed by atoms with van der Waals surface area (Å²) in [4.78, 5) is 30.2. The van der Waals surface area contributed by atoms with Gasteiger partial charge < -0.3 is 4.74 Å². The standard InChI is InChI=1S/C19H14Cl2N2O3S/c1-12(24)23(14-6-3-2-4-7-14)19-22-13(11-27-19)10-26-18(25)15-8-5-9-16(20)17(15)21/h2-9,11H,10H2,1H3. The average molecular weight is 421 g/mol. The summed E-state index contributed by atoms with van der Waals surface area (Å²) < 4.78 is 5.27. The Balaban J connectivity index is 1.73. The average Bonchev–Trinajstić information content (AvgIpc) is 3.11. The van der Waals surface area contributed by atoms with Crippen molar-refractivity contribution in [2.75, 3.05) is 4.90 Å². The van der Waals surface area contributed by atoms with Crippen molar-refractivity contribution in [1.29, 1.82) is 0 Å². The first-order valence-corrected chi connectivity index (χ1v) is 9.52. The Kier molecular flexibility index (Phi) is 6.11. The summed E-state index contributed by atoms with van der Waals surface area (Å²) >= 11 is 13.2. The van der Waals surface area contributed by atoms with Crippen LogP contribution in [0.5, 0.6) is 0 Å². The second-order valence-electron chi connectivity index (χ2n) is 5.49. The van der Waals surface area contributed by atoms with E-state index in [4.69, 9.17) is 27.9 Å². The van der Waals surface area contributed by atoms with Crippen LogP contribution in [0.1, 0.15) is 23.0 Å². The monoisotopic (exact) mass is 420 g/mol. The number of hydrogen-bond acceptors (Lipinski definition) is 5. The number of thiazole rings is 1. The molecule has 0 fully saturated rings. The third-order valence-corrected chi connectivity index (χ3v) is 5.28. The number of amides is 1. The zero-order valence-corrected chi connectivity index (χ0v) is 16.5. The molecule has 3 aromatic rings. The van der Waals surface area contributed by atoms with E-state index in [0.29, 0.717) is 16.5 Å². The highest BCUT2D eigenvalue weighted by molar-refractivity contribution is 7.14. The van der Waals surface area contributed by atoms with E-state index in [1.165, 1.54) is 29.2 Å². The lowest BCUT2D eigenvalue weighted by molar-refractivity contribution is -0.115. The van der Waals surface area contributed by atoms with Gasteiger partial charge in [0.25, 0.3) is 0 Å².